The van der Waals surface area contributed by atoms with E-state index in [-0.39, 0.29) is 0 Å². The number of aromatic nitrogens is 1. The van der Waals surface area contributed by atoms with Crippen LogP contribution in [0.4, 0.5) is 0 Å². The van der Waals surface area contributed by atoms with Gasteiger partial charge in [0.15, 0.2) is 0 Å². The van der Waals surface area contributed by atoms with Gasteiger partial charge in [-0.25, -0.2) is 4.98 Å². The maximum absolute atomic E-state index is 6.19. The fraction of sp³-hybridized carbons (Fsp3) is 0.357. The number of ether oxygens (including phenoxy) is 1. The Morgan fingerprint density at radius 2 is 2.26 bits per heavy atom. The number of benzene rings is 1. The highest BCUT2D eigenvalue weighted by Crippen LogP contribution is 2.27. The molecule has 0 radical (unpaired) electrons. The van der Waals surface area contributed by atoms with Crippen LogP contribution in [0.15, 0.2) is 28.9 Å². The molecule has 19 heavy (non-hydrogen) atoms. The lowest BCUT2D eigenvalue weighted by molar-refractivity contribution is 0.199. The van der Waals surface area contributed by atoms with Gasteiger partial charge in [0.05, 0.1) is 22.9 Å². The van der Waals surface area contributed by atoms with E-state index in [1.54, 1.807) is 13.4 Å². The first-order chi connectivity index (χ1) is 9.20. The van der Waals surface area contributed by atoms with E-state index in [0.29, 0.717) is 24.1 Å². The monoisotopic (exact) mass is 280 g/mol. The van der Waals surface area contributed by atoms with E-state index in [2.05, 4.69) is 10.3 Å². The number of hydrogen-bond acceptors (Lipinski definition) is 4. The quantitative estimate of drug-likeness (QED) is 0.826. The standard InChI is InChI=1S/C14H17ClN2O2/c1-10-3-4-12(13(15)7-10)14-17-11(9-19-14)8-16-5-6-18-2/h3-4,7,9,16H,5-6,8H2,1-2H3. The lowest BCUT2D eigenvalue weighted by Crippen LogP contribution is -2.18. The molecule has 4 nitrogen and oxygen atoms in total. The van der Waals surface area contributed by atoms with E-state index in [1.807, 2.05) is 25.1 Å². The molecule has 0 aliphatic carbocycles. The molecule has 0 aliphatic rings. The predicted octanol–water partition coefficient (Wildman–Crippen LogP) is 3.04. The van der Waals surface area contributed by atoms with Gasteiger partial charge in [-0.1, -0.05) is 17.7 Å². The zero-order valence-electron chi connectivity index (χ0n) is 11.1. The van der Waals surface area contributed by atoms with Crippen molar-refractivity contribution in [2.75, 3.05) is 20.3 Å². The highest BCUT2D eigenvalue weighted by molar-refractivity contribution is 6.33. The average molecular weight is 281 g/mol. The highest BCUT2D eigenvalue weighted by atomic mass is 35.5. The summed E-state index contributed by atoms with van der Waals surface area (Å²) >= 11 is 6.19. The number of rotatable bonds is 6. The number of nitrogens with one attached hydrogen (secondary N) is 1. The van der Waals surface area contributed by atoms with Gasteiger partial charge in [0, 0.05) is 20.2 Å². The molecule has 0 saturated heterocycles. The van der Waals surface area contributed by atoms with E-state index >= 15 is 0 Å². The lowest BCUT2D eigenvalue weighted by Gasteiger charge is -2.01. The summed E-state index contributed by atoms with van der Waals surface area (Å²) in [7, 11) is 1.68. The predicted molar refractivity (Wildman–Crippen MR) is 75.3 cm³/mol. The first kappa shape index (κ1) is 14.1. The van der Waals surface area contributed by atoms with Crippen LogP contribution in [0.5, 0.6) is 0 Å². The van der Waals surface area contributed by atoms with Crippen molar-refractivity contribution in [1.82, 2.24) is 10.3 Å². The molecule has 0 amide bonds. The molecule has 2 aromatic rings. The van der Waals surface area contributed by atoms with Crippen LogP contribution in [0.25, 0.3) is 11.5 Å². The van der Waals surface area contributed by atoms with Crippen LogP contribution < -0.4 is 5.32 Å². The Labute approximate surface area is 117 Å². The fourth-order valence-electron chi connectivity index (χ4n) is 1.70. The SMILES string of the molecule is COCCNCc1coc(-c2ccc(C)cc2Cl)n1. The summed E-state index contributed by atoms with van der Waals surface area (Å²) in [6, 6.07) is 5.81. The molecular weight excluding hydrogens is 264 g/mol. The number of aryl methyl sites for hydroxylation is 1. The summed E-state index contributed by atoms with van der Waals surface area (Å²) in [5.74, 6) is 0.550. The number of oxazole rings is 1. The lowest BCUT2D eigenvalue weighted by atomic mass is 10.1. The van der Waals surface area contributed by atoms with Crippen molar-refractivity contribution in [1.29, 1.82) is 0 Å². The molecule has 0 unspecified atom stereocenters. The van der Waals surface area contributed by atoms with Crippen LogP contribution in [-0.4, -0.2) is 25.2 Å². The van der Waals surface area contributed by atoms with E-state index in [4.69, 9.17) is 20.8 Å². The Bertz CT molecular complexity index is 540. The van der Waals surface area contributed by atoms with Crippen molar-refractivity contribution in [2.45, 2.75) is 13.5 Å². The number of halogens is 1. The zero-order valence-corrected chi connectivity index (χ0v) is 11.8. The minimum atomic E-state index is 0.550. The Balaban J connectivity index is 2.04. The van der Waals surface area contributed by atoms with Crippen molar-refractivity contribution >= 4 is 11.6 Å². The molecule has 0 spiro atoms. The third-order valence-corrected chi connectivity index (χ3v) is 3.01. The molecule has 1 heterocycles. The van der Waals surface area contributed by atoms with Gasteiger partial charge in [-0.15, -0.1) is 0 Å². The third kappa shape index (κ3) is 3.80. The first-order valence-corrected chi connectivity index (χ1v) is 6.49. The second-order valence-corrected chi connectivity index (χ2v) is 4.70. The maximum Gasteiger partial charge on any atom is 0.227 e. The normalized spacial score (nSPS) is 10.9. The summed E-state index contributed by atoms with van der Waals surface area (Å²) in [5, 5.41) is 3.86. The molecule has 0 aliphatic heterocycles. The molecule has 1 aromatic heterocycles. The molecular formula is C14H17ClN2O2. The number of hydrogen-bond donors (Lipinski definition) is 1. The summed E-state index contributed by atoms with van der Waals surface area (Å²) in [6.45, 7) is 4.10. The Kier molecular flexibility index (Phi) is 4.96. The molecule has 102 valence electrons. The average Bonchev–Trinajstić information content (AvgIpc) is 2.83. The smallest absolute Gasteiger partial charge is 0.227 e. The van der Waals surface area contributed by atoms with E-state index in [9.17, 15) is 0 Å². The summed E-state index contributed by atoms with van der Waals surface area (Å²) < 4.78 is 10.4. The van der Waals surface area contributed by atoms with Crippen LogP contribution in [0, 0.1) is 6.92 Å². The zero-order chi connectivity index (χ0) is 13.7. The van der Waals surface area contributed by atoms with Crippen LogP contribution in [-0.2, 0) is 11.3 Å². The van der Waals surface area contributed by atoms with Crippen molar-refractivity contribution in [2.24, 2.45) is 0 Å². The Morgan fingerprint density at radius 3 is 3.00 bits per heavy atom. The van der Waals surface area contributed by atoms with Gasteiger partial charge in [0.25, 0.3) is 0 Å². The highest BCUT2D eigenvalue weighted by Gasteiger charge is 2.10. The van der Waals surface area contributed by atoms with Crippen LogP contribution in [0.1, 0.15) is 11.3 Å². The molecule has 0 saturated carbocycles. The van der Waals surface area contributed by atoms with Crippen LogP contribution in [0.2, 0.25) is 5.02 Å². The summed E-state index contributed by atoms with van der Waals surface area (Å²) in [4.78, 5) is 4.41. The van der Waals surface area contributed by atoms with Crippen LogP contribution >= 0.6 is 11.6 Å². The van der Waals surface area contributed by atoms with Gasteiger partial charge >= 0.3 is 0 Å². The van der Waals surface area contributed by atoms with Gasteiger partial charge in [-0.2, -0.15) is 0 Å². The van der Waals surface area contributed by atoms with Gasteiger partial charge in [-0.3, -0.25) is 0 Å². The third-order valence-electron chi connectivity index (χ3n) is 2.70. The molecule has 2 rings (SSSR count). The number of methoxy groups -OCH3 is 1. The Hall–Kier alpha value is -1.36. The molecule has 0 fully saturated rings. The van der Waals surface area contributed by atoms with Crippen LogP contribution in [0.3, 0.4) is 0 Å². The van der Waals surface area contributed by atoms with E-state index in [0.717, 1.165) is 23.4 Å². The van der Waals surface area contributed by atoms with Gasteiger partial charge < -0.3 is 14.5 Å². The maximum atomic E-state index is 6.19. The minimum absolute atomic E-state index is 0.550. The minimum Gasteiger partial charge on any atom is -0.444 e. The fourth-order valence-corrected chi connectivity index (χ4v) is 2.01. The van der Waals surface area contributed by atoms with E-state index < -0.39 is 0 Å². The van der Waals surface area contributed by atoms with Crippen molar-refractivity contribution < 1.29 is 9.15 Å². The van der Waals surface area contributed by atoms with Crippen molar-refractivity contribution in [3.05, 3.63) is 40.7 Å². The van der Waals surface area contributed by atoms with Gasteiger partial charge in [0.1, 0.15) is 6.26 Å². The van der Waals surface area contributed by atoms with E-state index in [1.165, 1.54) is 0 Å². The van der Waals surface area contributed by atoms with Crippen molar-refractivity contribution in [3.63, 3.8) is 0 Å². The first-order valence-electron chi connectivity index (χ1n) is 6.11. The second kappa shape index (κ2) is 6.70. The second-order valence-electron chi connectivity index (χ2n) is 4.30. The van der Waals surface area contributed by atoms with Crippen molar-refractivity contribution in [3.8, 4) is 11.5 Å². The topological polar surface area (TPSA) is 47.3 Å². The van der Waals surface area contributed by atoms with Gasteiger partial charge in [0.2, 0.25) is 5.89 Å². The Morgan fingerprint density at radius 1 is 1.42 bits per heavy atom. The molecule has 1 N–H and O–H groups in total. The summed E-state index contributed by atoms with van der Waals surface area (Å²) in [6.07, 6.45) is 1.64. The van der Waals surface area contributed by atoms with Gasteiger partial charge in [-0.05, 0) is 24.6 Å². The molecule has 1 aromatic carbocycles. The number of nitrogens with zero attached hydrogens (tertiary/aromatic N) is 1. The largest absolute Gasteiger partial charge is 0.444 e. The molecule has 5 heteroatoms. The molecule has 0 atom stereocenters. The molecule has 0 bridgehead atoms. The summed E-state index contributed by atoms with van der Waals surface area (Å²) in [5.41, 5.74) is 2.78.